The van der Waals surface area contributed by atoms with Gasteiger partial charge in [-0.05, 0) is 18.2 Å². The number of amides is 2. The molecule has 1 aromatic carbocycles. The Morgan fingerprint density at radius 1 is 1.53 bits per heavy atom. The highest BCUT2D eigenvalue weighted by molar-refractivity contribution is 9.10. The molecule has 2 amide bonds. The van der Waals surface area contributed by atoms with Crippen LogP contribution in [0.5, 0.6) is 0 Å². The van der Waals surface area contributed by atoms with E-state index in [1.54, 1.807) is 18.2 Å². The highest BCUT2D eigenvalue weighted by atomic mass is 79.9. The van der Waals surface area contributed by atoms with Crippen molar-refractivity contribution in [3.8, 4) is 0 Å². The van der Waals surface area contributed by atoms with Gasteiger partial charge in [0.1, 0.15) is 0 Å². The van der Waals surface area contributed by atoms with E-state index in [0.717, 1.165) is 4.47 Å². The van der Waals surface area contributed by atoms with E-state index in [-0.39, 0.29) is 12.3 Å². The molecular formula is C11H10BrClN2O2. The smallest absolute Gasteiger partial charge is 0.227 e. The fraction of sp³-hybridized carbons (Fsp3) is 0.273. The third kappa shape index (κ3) is 2.45. The Morgan fingerprint density at radius 2 is 2.24 bits per heavy atom. The van der Waals surface area contributed by atoms with Gasteiger partial charge in [0.15, 0.2) is 0 Å². The van der Waals surface area contributed by atoms with E-state index in [9.17, 15) is 9.59 Å². The number of halogens is 2. The molecule has 0 aliphatic carbocycles. The molecule has 6 heteroatoms. The molecule has 17 heavy (non-hydrogen) atoms. The van der Waals surface area contributed by atoms with Gasteiger partial charge in [-0.1, -0.05) is 27.5 Å². The summed E-state index contributed by atoms with van der Waals surface area (Å²) in [7, 11) is 0. The molecule has 4 nitrogen and oxygen atoms in total. The number of carbonyl (C=O) groups excluding carboxylic acids is 2. The van der Waals surface area contributed by atoms with Gasteiger partial charge < -0.3 is 10.6 Å². The van der Waals surface area contributed by atoms with Crippen molar-refractivity contribution in [2.24, 2.45) is 11.7 Å². The Labute approximate surface area is 112 Å². The Kier molecular flexibility index (Phi) is 3.40. The molecule has 1 aliphatic rings. The molecule has 2 N–H and O–H groups in total. The molecule has 0 aromatic heterocycles. The van der Waals surface area contributed by atoms with E-state index in [2.05, 4.69) is 15.9 Å². The van der Waals surface area contributed by atoms with Crippen LogP contribution in [0.15, 0.2) is 22.7 Å². The highest BCUT2D eigenvalue weighted by Gasteiger charge is 2.34. The summed E-state index contributed by atoms with van der Waals surface area (Å²) in [5.74, 6) is -1.01. The van der Waals surface area contributed by atoms with Crippen LogP contribution in [0.2, 0.25) is 5.02 Å². The van der Waals surface area contributed by atoms with Crippen molar-refractivity contribution in [1.29, 1.82) is 0 Å². The van der Waals surface area contributed by atoms with Crippen molar-refractivity contribution in [3.05, 3.63) is 27.7 Å². The maximum Gasteiger partial charge on any atom is 0.227 e. The molecule has 1 saturated heterocycles. The van der Waals surface area contributed by atoms with E-state index in [0.29, 0.717) is 17.3 Å². The predicted molar refractivity (Wildman–Crippen MR) is 68.8 cm³/mol. The fourth-order valence-electron chi connectivity index (χ4n) is 1.83. The van der Waals surface area contributed by atoms with Gasteiger partial charge in [0.25, 0.3) is 0 Å². The van der Waals surface area contributed by atoms with Crippen LogP contribution in [-0.2, 0) is 9.59 Å². The molecule has 0 unspecified atom stereocenters. The summed E-state index contributed by atoms with van der Waals surface area (Å²) >= 11 is 9.36. The zero-order chi connectivity index (χ0) is 12.6. The molecule has 0 spiro atoms. The van der Waals surface area contributed by atoms with E-state index in [4.69, 9.17) is 17.3 Å². The predicted octanol–water partition coefficient (Wildman–Crippen LogP) is 1.94. The molecule has 0 radical (unpaired) electrons. The van der Waals surface area contributed by atoms with Gasteiger partial charge in [0.05, 0.1) is 16.6 Å². The van der Waals surface area contributed by atoms with E-state index in [1.807, 2.05) is 0 Å². The molecule has 0 saturated carbocycles. The minimum Gasteiger partial charge on any atom is -0.369 e. The summed E-state index contributed by atoms with van der Waals surface area (Å²) in [4.78, 5) is 24.3. The van der Waals surface area contributed by atoms with Gasteiger partial charge >= 0.3 is 0 Å². The molecule has 1 fully saturated rings. The summed E-state index contributed by atoms with van der Waals surface area (Å²) in [5.41, 5.74) is 5.82. The maximum atomic E-state index is 11.8. The number of anilines is 1. The van der Waals surface area contributed by atoms with Gasteiger partial charge in [-0.3, -0.25) is 9.59 Å². The lowest BCUT2D eigenvalue weighted by Crippen LogP contribution is -2.28. The maximum absolute atomic E-state index is 11.8. The zero-order valence-corrected chi connectivity index (χ0v) is 11.2. The number of rotatable bonds is 2. The monoisotopic (exact) mass is 316 g/mol. The lowest BCUT2D eigenvalue weighted by Gasteiger charge is -2.17. The second-order valence-electron chi connectivity index (χ2n) is 3.90. The summed E-state index contributed by atoms with van der Waals surface area (Å²) < 4.78 is 0.837. The zero-order valence-electron chi connectivity index (χ0n) is 8.82. The van der Waals surface area contributed by atoms with Crippen molar-refractivity contribution in [2.45, 2.75) is 6.42 Å². The fourth-order valence-corrected chi connectivity index (χ4v) is 2.61. The number of carbonyl (C=O) groups is 2. The van der Waals surface area contributed by atoms with Crippen LogP contribution in [0.4, 0.5) is 5.69 Å². The second-order valence-corrected chi connectivity index (χ2v) is 5.23. The molecule has 2 rings (SSSR count). The number of nitrogens with two attached hydrogens (primary N) is 1. The first-order valence-corrected chi connectivity index (χ1v) is 6.21. The Morgan fingerprint density at radius 3 is 2.76 bits per heavy atom. The molecule has 1 aromatic rings. The lowest BCUT2D eigenvalue weighted by atomic mass is 10.1. The third-order valence-electron chi connectivity index (χ3n) is 2.73. The topological polar surface area (TPSA) is 63.4 Å². The van der Waals surface area contributed by atoms with Crippen molar-refractivity contribution in [1.82, 2.24) is 0 Å². The largest absolute Gasteiger partial charge is 0.369 e. The van der Waals surface area contributed by atoms with Crippen LogP contribution in [0.25, 0.3) is 0 Å². The van der Waals surface area contributed by atoms with Crippen LogP contribution < -0.4 is 10.6 Å². The minimum absolute atomic E-state index is 0.127. The summed E-state index contributed by atoms with van der Waals surface area (Å²) in [6.07, 6.45) is 0.154. The van der Waals surface area contributed by atoms with Crippen molar-refractivity contribution >= 4 is 45.0 Å². The third-order valence-corrected chi connectivity index (χ3v) is 3.52. The molecule has 1 atom stereocenters. The number of benzene rings is 1. The average molecular weight is 318 g/mol. The van der Waals surface area contributed by atoms with Gasteiger partial charge in [-0.2, -0.15) is 0 Å². The van der Waals surface area contributed by atoms with Gasteiger partial charge in [0, 0.05) is 17.4 Å². The SMILES string of the molecule is NC(=O)[C@H]1CC(=O)N(c2ccc(Br)cc2Cl)C1. The Hall–Kier alpha value is -1.07. The number of hydrogen-bond acceptors (Lipinski definition) is 2. The number of hydrogen-bond donors (Lipinski definition) is 1. The van der Waals surface area contributed by atoms with E-state index >= 15 is 0 Å². The second kappa shape index (κ2) is 4.66. The van der Waals surface area contributed by atoms with E-state index < -0.39 is 11.8 Å². The normalized spacial score (nSPS) is 19.8. The van der Waals surface area contributed by atoms with Gasteiger partial charge in [-0.15, -0.1) is 0 Å². The van der Waals surface area contributed by atoms with Gasteiger partial charge in [-0.25, -0.2) is 0 Å². The molecule has 0 bridgehead atoms. The highest BCUT2D eigenvalue weighted by Crippen LogP contribution is 2.33. The van der Waals surface area contributed by atoms with Crippen LogP contribution >= 0.6 is 27.5 Å². The average Bonchev–Trinajstić information content (AvgIpc) is 2.61. The lowest BCUT2D eigenvalue weighted by molar-refractivity contribution is -0.123. The van der Waals surface area contributed by atoms with Gasteiger partial charge in [0.2, 0.25) is 11.8 Å². The van der Waals surface area contributed by atoms with Crippen LogP contribution in [-0.4, -0.2) is 18.4 Å². The van der Waals surface area contributed by atoms with Crippen molar-refractivity contribution in [2.75, 3.05) is 11.4 Å². The van der Waals surface area contributed by atoms with Crippen molar-refractivity contribution < 1.29 is 9.59 Å². The summed E-state index contributed by atoms with van der Waals surface area (Å²) in [5, 5.41) is 0.470. The first-order chi connectivity index (χ1) is 7.99. The minimum atomic E-state index is -0.450. The quantitative estimate of drug-likeness (QED) is 0.906. The summed E-state index contributed by atoms with van der Waals surface area (Å²) in [6, 6.07) is 5.25. The first-order valence-electron chi connectivity index (χ1n) is 5.04. The number of nitrogens with zero attached hydrogens (tertiary/aromatic N) is 1. The van der Waals surface area contributed by atoms with Crippen LogP contribution in [0.1, 0.15) is 6.42 Å². The van der Waals surface area contributed by atoms with Crippen LogP contribution in [0, 0.1) is 5.92 Å². The first kappa shape index (κ1) is 12.4. The molecule has 1 heterocycles. The standard InChI is InChI=1S/C11H10BrClN2O2/c12-7-1-2-9(8(13)4-7)15-5-6(11(14)17)3-10(15)16/h1-2,4,6H,3,5H2,(H2,14,17)/t6-/m0/s1. The Balaban J connectivity index is 2.29. The van der Waals surface area contributed by atoms with Crippen molar-refractivity contribution in [3.63, 3.8) is 0 Å². The molecule has 1 aliphatic heterocycles. The molecular weight excluding hydrogens is 307 g/mol. The van der Waals surface area contributed by atoms with E-state index in [1.165, 1.54) is 4.90 Å². The summed E-state index contributed by atoms with van der Waals surface area (Å²) in [6.45, 7) is 0.301. The Bertz CT molecular complexity index is 492. The van der Waals surface area contributed by atoms with Crippen LogP contribution in [0.3, 0.4) is 0 Å². The molecule has 90 valence electrons. The number of primary amides is 1.